The third kappa shape index (κ3) is 4.43. The molecule has 0 amide bonds. The molecule has 8 fully saturated rings. The van der Waals surface area contributed by atoms with Crippen LogP contribution >= 0.6 is 0 Å². The summed E-state index contributed by atoms with van der Waals surface area (Å²) < 4.78 is 72.3. The van der Waals surface area contributed by atoms with Crippen LogP contribution in [0.25, 0.3) is 21.5 Å². The van der Waals surface area contributed by atoms with Crippen LogP contribution in [0.4, 0.5) is 0 Å². The zero-order valence-corrected chi connectivity index (χ0v) is 28.7. The van der Waals surface area contributed by atoms with E-state index >= 15 is 8.42 Å². The normalized spacial score (nSPS) is 35.1. The second-order valence-electron chi connectivity index (χ2n) is 16.9. The smallest absolute Gasteiger partial charge is 0.339 e. The van der Waals surface area contributed by atoms with E-state index in [2.05, 4.69) is 12.1 Å². The van der Waals surface area contributed by atoms with Gasteiger partial charge in [-0.3, -0.25) is 4.55 Å². The summed E-state index contributed by atoms with van der Waals surface area (Å²) in [7, 11) is -9.01. The lowest BCUT2D eigenvalue weighted by Gasteiger charge is -2.58. The van der Waals surface area contributed by atoms with Gasteiger partial charge in [0, 0.05) is 21.5 Å². The topological polar surface area (TPSA) is 97.7 Å². The predicted molar refractivity (Wildman–Crippen MR) is 185 cm³/mol. The quantitative estimate of drug-likeness (QED) is 0.124. The van der Waals surface area contributed by atoms with Crippen LogP contribution in [-0.4, -0.2) is 21.4 Å². The summed E-state index contributed by atoms with van der Waals surface area (Å²) in [6, 6.07) is 19.9. The van der Waals surface area contributed by atoms with Gasteiger partial charge in [-0.2, -0.15) is 16.8 Å². The number of fused-ring (bicyclic) bond motifs is 2. The minimum atomic E-state index is -4.63. The molecule has 0 unspecified atom stereocenters. The van der Waals surface area contributed by atoms with Gasteiger partial charge in [0.1, 0.15) is 9.79 Å². The molecule has 0 aromatic heterocycles. The average molecular weight is 683 g/mol. The van der Waals surface area contributed by atoms with Gasteiger partial charge in [-0.1, -0.05) is 60.7 Å². The maximum absolute atomic E-state index is 15.1. The molecule has 0 atom stereocenters. The minimum Gasteiger partial charge on any atom is -0.378 e. The second-order valence-corrected chi connectivity index (χ2v) is 19.7. The molecule has 0 spiro atoms. The van der Waals surface area contributed by atoms with Crippen LogP contribution in [0.2, 0.25) is 0 Å². The zero-order chi connectivity index (χ0) is 32.6. The van der Waals surface area contributed by atoms with Crippen LogP contribution in [0.1, 0.15) is 88.2 Å². The Kier molecular flexibility index (Phi) is 6.28. The Morgan fingerprint density at radius 1 is 0.562 bits per heavy atom. The maximum atomic E-state index is 15.1. The third-order valence-corrected chi connectivity index (χ3v) is 16.0. The third-order valence-electron chi connectivity index (χ3n) is 13.8. The molecule has 6 nitrogen and oxygen atoms in total. The van der Waals surface area contributed by atoms with E-state index in [4.69, 9.17) is 4.18 Å². The Morgan fingerprint density at radius 3 is 1.42 bits per heavy atom. The first-order chi connectivity index (χ1) is 23.0. The van der Waals surface area contributed by atoms with Crippen LogP contribution in [0, 0.1) is 35.5 Å². The molecular formula is C40H42O6S2. The lowest BCUT2D eigenvalue weighted by molar-refractivity contribution is -0.00807. The van der Waals surface area contributed by atoms with E-state index in [1.807, 2.05) is 6.07 Å². The van der Waals surface area contributed by atoms with Gasteiger partial charge in [0.25, 0.3) is 10.1 Å². The molecule has 8 aliphatic carbocycles. The second kappa shape index (κ2) is 10.1. The van der Waals surface area contributed by atoms with Gasteiger partial charge in [0.2, 0.25) is 0 Å². The van der Waals surface area contributed by atoms with Crippen LogP contribution in [0.5, 0.6) is 5.75 Å². The van der Waals surface area contributed by atoms with Crippen molar-refractivity contribution in [3.8, 4) is 5.75 Å². The Balaban J connectivity index is 1.17. The minimum absolute atomic E-state index is 0.0234. The number of hydrogen-bond acceptors (Lipinski definition) is 5. The van der Waals surface area contributed by atoms with E-state index in [0.29, 0.717) is 33.4 Å². The maximum Gasteiger partial charge on any atom is 0.339 e. The molecule has 0 aliphatic heterocycles. The van der Waals surface area contributed by atoms with E-state index in [0.717, 1.165) is 67.4 Å². The SMILES string of the molecule is O=S(=O)(O)c1c2ccccc2c(OS(=O)(=O)c2cc(C34CC5CC(CC(C5)C3)C4)ccc2C23CC4CC(CC(C4)C2)C3)c2ccccc12. The lowest BCUT2D eigenvalue weighted by Crippen LogP contribution is -2.50. The van der Waals surface area contributed by atoms with Crippen molar-refractivity contribution in [1.29, 1.82) is 0 Å². The van der Waals surface area contributed by atoms with E-state index in [1.165, 1.54) is 38.5 Å². The highest BCUT2D eigenvalue weighted by molar-refractivity contribution is 7.87. The highest BCUT2D eigenvalue weighted by atomic mass is 32.2. The fourth-order valence-corrected chi connectivity index (χ4v) is 15.2. The van der Waals surface area contributed by atoms with E-state index in [9.17, 15) is 13.0 Å². The molecule has 8 bridgehead atoms. The summed E-state index contributed by atoms with van der Waals surface area (Å²) in [6.45, 7) is 0. The first kappa shape index (κ1) is 29.9. The van der Waals surface area contributed by atoms with Crippen molar-refractivity contribution in [1.82, 2.24) is 0 Å². The van der Waals surface area contributed by atoms with Gasteiger partial charge in [0.15, 0.2) is 5.75 Å². The van der Waals surface area contributed by atoms with Crippen LogP contribution < -0.4 is 4.18 Å². The van der Waals surface area contributed by atoms with Crippen molar-refractivity contribution < 1.29 is 25.6 Å². The molecule has 4 aromatic carbocycles. The van der Waals surface area contributed by atoms with E-state index in [1.54, 1.807) is 48.5 Å². The molecule has 12 rings (SSSR count). The van der Waals surface area contributed by atoms with Gasteiger partial charge in [-0.25, -0.2) is 0 Å². The summed E-state index contributed by atoms with van der Waals surface area (Å²) in [6.07, 6.45) is 14.3. The summed E-state index contributed by atoms with van der Waals surface area (Å²) >= 11 is 0. The van der Waals surface area contributed by atoms with Crippen molar-refractivity contribution in [3.63, 3.8) is 0 Å². The first-order valence-corrected chi connectivity index (χ1v) is 20.8. The monoisotopic (exact) mass is 682 g/mol. The summed E-state index contributed by atoms with van der Waals surface area (Å²) in [5.74, 6) is 4.24. The summed E-state index contributed by atoms with van der Waals surface area (Å²) in [5, 5.41) is 1.13. The van der Waals surface area contributed by atoms with E-state index < -0.39 is 20.2 Å². The number of benzene rings is 4. The van der Waals surface area contributed by atoms with Crippen LogP contribution in [-0.2, 0) is 31.1 Å². The standard InChI is InChI=1S/C40H42O6S2/c41-47(42,43)38-33-7-3-1-5-31(33)37(32-6-2-4-8-34(32)38)46-48(44,45)36-17-30(39-18-24-11-25(19-39)13-26(12-24)20-39)9-10-35(36)40-21-27-14-28(22-40)16-29(15-27)23-40/h1-10,17,24-29H,11-16,18-23H2,(H,41,42,43). The molecule has 0 heterocycles. The fourth-order valence-electron chi connectivity index (χ4n) is 13.0. The molecule has 1 N–H and O–H groups in total. The Morgan fingerprint density at radius 2 is 0.979 bits per heavy atom. The fraction of sp³-hybridized carbons (Fsp3) is 0.500. The Bertz CT molecular complexity index is 2110. The van der Waals surface area contributed by atoms with Crippen molar-refractivity contribution in [2.45, 2.75) is 97.7 Å². The molecule has 250 valence electrons. The average Bonchev–Trinajstić information content (AvgIpc) is 3.02. The zero-order valence-electron chi connectivity index (χ0n) is 27.1. The van der Waals surface area contributed by atoms with E-state index in [-0.39, 0.29) is 32.2 Å². The highest BCUT2D eigenvalue weighted by Gasteiger charge is 2.55. The molecule has 4 aromatic rings. The van der Waals surface area contributed by atoms with Crippen LogP contribution in [0.15, 0.2) is 76.5 Å². The van der Waals surface area contributed by atoms with Crippen molar-refractivity contribution in [3.05, 3.63) is 77.9 Å². The lowest BCUT2D eigenvalue weighted by atomic mass is 9.47. The van der Waals surface area contributed by atoms with Gasteiger partial charge in [0.05, 0.1) is 0 Å². The van der Waals surface area contributed by atoms with Crippen LogP contribution in [0.3, 0.4) is 0 Å². The molecule has 0 saturated heterocycles. The summed E-state index contributed by atoms with van der Waals surface area (Å²) in [5.41, 5.74) is 1.95. The molecule has 48 heavy (non-hydrogen) atoms. The summed E-state index contributed by atoms with van der Waals surface area (Å²) in [4.78, 5) is 0.0706. The highest BCUT2D eigenvalue weighted by Crippen LogP contribution is 2.64. The molecular weight excluding hydrogens is 641 g/mol. The van der Waals surface area contributed by atoms with Gasteiger partial charge in [-0.05, 0) is 141 Å². The van der Waals surface area contributed by atoms with Crippen molar-refractivity contribution in [2.75, 3.05) is 0 Å². The predicted octanol–water partition coefficient (Wildman–Crippen LogP) is 8.94. The first-order valence-electron chi connectivity index (χ1n) is 18.0. The Hall–Kier alpha value is -2.94. The molecule has 0 radical (unpaired) electrons. The van der Waals surface area contributed by atoms with Crippen molar-refractivity contribution in [2.24, 2.45) is 35.5 Å². The molecule has 8 aliphatic rings. The molecule has 8 saturated carbocycles. The largest absolute Gasteiger partial charge is 0.378 e. The van der Waals surface area contributed by atoms with Gasteiger partial charge >= 0.3 is 10.1 Å². The molecule has 8 heteroatoms. The number of hydrogen-bond donors (Lipinski definition) is 1. The van der Waals surface area contributed by atoms with Crippen molar-refractivity contribution >= 4 is 41.8 Å². The number of rotatable bonds is 6. The van der Waals surface area contributed by atoms with Gasteiger partial charge in [-0.15, -0.1) is 0 Å². The Labute approximate surface area is 283 Å². The van der Waals surface area contributed by atoms with Gasteiger partial charge < -0.3 is 4.18 Å².